The van der Waals surface area contributed by atoms with Crippen LogP contribution in [0.25, 0.3) is 0 Å². The van der Waals surface area contributed by atoms with E-state index in [1.165, 1.54) is 11.1 Å². The molecule has 0 heterocycles. The fourth-order valence-corrected chi connectivity index (χ4v) is 2.65. The number of aryl methyl sites for hydroxylation is 2. The highest BCUT2D eigenvalue weighted by Crippen LogP contribution is 2.22. The van der Waals surface area contributed by atoms with Gasteiger partial charge in [-0.3, -0.25) is 0 Å². The number of hydrogen-bond donors (Lipinski definition) is 0. The van der Waals surface area contributed by atoms with Gasteiger partial charge in [-0.15, -0.1) is 8.15 Å². The number of hydrogen-bond acceptors (Lipinski definition) is 1. The Morgan fingerprint density at radius 3 is 1.31 bits per heavy atom. The third kappa shape index (κ3) is 2.49. The molecule has 0 saturated carbocycles. The summed E-state index contributed by atoms with van der Waals surface area (Å²) in [6.45, 7) is 4.06. The van der Waals surface area contributed by atoms with Crippen molar-refractivity contribution in [2.75, 3.05) is 0 Å². The molecule has 0 saturated heterocycles. The van der Waals surface area contributed by atoms with Crippen molar-refractivity contribution in [3.8, 4) is 0 Å². The number of rotatable bonds is 2. The van der Waals surface area contributed by atoms with E-state index in [-0.39, 0.29) is 0 Å². The molecule has 16 heavy (non-hydrogen) atoms. The van der Waals surface area contributed by atoms with Gasteiger partial charge in [-0.1, -0.05) is 59.7 Å². The molecule has 2 rings (SSSR count). The molecule has 0 bridgehead atoms. The first-order valence-corrected chi connectivity index (χ1v) is 6.53. The summed E-state index contributed by atoms with van der Waals surface area (Å²) in [6, 6.07) is 15.7. The van der Waals surface area contributed by atoms with E-state index < -0.39 is 8.15 Å². The van der Waals surface area contributed by atoms with Gasteiger partial charge < -0.3 is 4.89 Å². The lowest BCUT2D eigenvalue weighted by molar-refractivity contribution is -0.153. The molecule has 0 unspecified atom stereocenters. The summed E-state index contributed by atoms with van der Waals surface area (Å²) in [4.78, 5) is 12.2. The fraction of sp³-hybridized carbons (Fsp3) is 0.143. The zero-order chi connectivity index (χ0) is 11.5. The minimum atomic E-state index is -1.45. The van der Waals surface area contributed by atoms with Crippen molar-refractivity contribution in [1.82, 2.24) is 0 Å². The van der Waals surface area contributed by atoms with E-state index in [0.717, 1.165) is 10.6 Å². The van der Waals surface area contributed by atoms with Gasteiger partial charge in [0.1, 0.15) is 0 Å². The Morgan fingerprint density at radius 1 is 0.688 bits per heavy atom. The Bertz CT molecular complexity index is 414. The Kier molecular flexibility index (Phi) is 3.38. The van der Waals surface area contributed by atoms with Gasteiger partial charge in [-0.2, -0.15) is 0 Å². The lowest BCUT2D eigenvalue weighted by atomic mass is 10.2. The van der Waals surface area contributed by atoms with E-state index in [1.54, 1.807) is 0 Å². The van der Waals surface area contributed by atoms with Crippen LogP contribution in [0.5, 0.6) is 0 Å². The Morgan fingerprint density at radius 2 is 1.00 bits per heavy atom. The average Bonchev–Trinajstić information content (AvgIpc) is 2.30. The lowest BCUT2D eigenvalue weighted by Gasteiger charge is -2.24. The van der Waals surface area contributed by atoms with Crippen LogP contribution in [0.1, 0.15) is 11.1 Å². The highest BCUT2D eigenvalue weighted by Gasteiger charge is 2.00. The highest BCUT2D eigenvalue weighted by molar-refractivity contribution is 7.66. The first-order chi connectivity index (χ1) is 7.66. The second kappa shape index (κ2) is 4.78. The molecule has 0 fully saturated rings. The Balaban J connectivity index is 2.28. The molecule has 0 aliphatic rings. The summed E-state index contributed by atoms with van der Waals surface area (Å²) in [6.07, 6.45) is 0. The maximum absolute atomic E-state index is 12.2. The van der Waals surface area contributed by atoms with Crippen LogP contribution in [0.4, 0.5) is 0 Å². The summed E-state index contributed by atoms with van der Waals surface area (Å²) >= 11 is 0. The van der Waals surface area contributed by atoms with Crippen molar-refractivity contribution >= 4 is 18.8 Å². The largest absolute Gasteiger partial charge is 0.822 e. The van der Waals surface area contributed by atoms with Crippen LogP contribution in [0.3, 0.4) is 0 Å². The van der Waals surface area contributed by atoms with Crippen molar-refractivity contribution in [2.45, 2.75) is 13.8 Å². The molecule has 0 amide bonds. The number of benzene rings is 2. The van der Waals surface area contributed by atoms with Crippen molar-refractivity contribution in [2.24, 2.45) is 0 Å². The predicted octanol–water partition coefficient (Wildman–Crippen LogP) is 2.01. The first kappa shape index (κ1) is 11.3. The van der Waals surface area contributed by atoms with Crippen LogP contribution in [-0.4, -0.2) is 0 Å². The average molecular weight is 229 g/mol. The third-order valence-electron chi connectivity index (χ3n) is 2.54. The molecule has 2 heteroatoms. The quantitative estimate of drug-likeness (QED) is 0.722. The maximum atomic E-state index is 12.2. The summed E-state index contributed by atoms with van der Waals surface area (Å²) in [7, 11) is -1.45. The maximum Gasteiger partial charge on any atom is -0.0353 e. The molecule has 2 aromatic rings. The molecule has 0 spiro atoms. The van der Waals surface area contributed by atoms with Gasteiger partial charge in [0.05, 0.1) is 0 Å². The summed E-state index contributed by atoms with van der Waals surface area (Å²) in [5.74, 6) is 0. The van der Waals surface area contributed by atoms with Gasteiger partial charge in [-0.25, -0.2) is 0 Å². The van der Waals surface area contributed by atoms with Gasteiger partial charge in [-0.05, 0) is 24.5 Å². The SMILES string of the molecule is Cc1ccc(P([O-])c2ccc(C)cc2)cc1. The zero-order valence-corrected chi connectivity index (χ0v) is 10.4. The standard InChI is InChI=1S/C14H14OP/c1-11-3-7-13(8-4-11)16(15)14-9-5-12(2)6-10-14/h3-10H,1-2H3/q-1. The zero-order valence-electron chi connectivity index (χ0n) is 9.47. The Hall–Kier alpha value is -1.17. The van der Waals surface area contributed by atoms with E-state index in [0.29, 0.717) is 0 Å². The van der Waals surface area contributed by atoms with Crippen LogP contribution in [0, 0.1) is 13.8 Å². The van der Waals surface area contributed by atoms with Gasteiger partial charge in [0.2, 0.25) is 0 Å². The smallest absolute Gasteiger partial charge is 0.0353 e. The first-order valence-electron chi connectivity index (χ1n) is 5.27. The van der Waals surface area contributed by atoms with E-state index in [2.05, 4.69) is 0 Å². The minimum Gasteiger partial charge on any atom is -0.822 e. The van der Waals surface area contributed by atoms with Crippen molar-refractivity contribution < 1.29 is 4.89 Å². The van der Waals surface area contributed by atoms with Crippen LogP contribution >= 0.6 is 8.15 Å². The molecule has 0 aromatic heterocycles. The van der Waals surface area contributed by atoms with E-state index in [1.807, 2.05) is 62.4 Å². The molecule has 1 nitrogen and oxygen atoms in total. The summed E-state index contributed by atoms with van der Waals surface area (Å²) in [5, 5.41) is 1.79. The Labute approximate surface area is 97.6 Å². The molecule has 0 aliphatic heterocycles. The monoisotopic (exact) mass is 229 g/mol. The van der Waals surface area contributed by atoms with Crippen molar-refractivity contribution in [1.29, 1.82) is 0 Å². The van der Waals surface area contributed by atoms with Gasteiger partial charge in [0.15, 0.2) is 0 Å². The van der Waals surface area contributed by atoms with Gasteiger partial charge in [0, 0.05) is 0 Å². The van der Waals surface area contributed by atoms with Crippen LogP contribution in [0.15, 0.2) is 48.5 Å². The second-order valence-electron chi connectivity index (χ2n) is 3.97. The fourth-order valence-electron chi connectivity index (χ4n) is 1.51. The van der Waals surface area contributed by atoms with Crippen molar-refractivity contribution in [3.05, 3.63) is 59.7 Å². The van der Waals surface area contributed by atoms with Crippen LogP contribution in [0.2, 0.25) is 0 Å². The molecule has 0 atom stereocenters. The molecule has 2 aromatic carbocycles. The normalized spacial score (nSPS) is 10.8. The summed E-state index contributed by atoms with van der Waals surface area (Å²) < 4.78 is 0. The van der Waals surface area contributed by atoms with Gasteiger partial charge in [0.25, 0.3) is 0 Å². The van der Waals surface area contributed by atoms with E-state index >= 15 is 0 Å². The van der Waals surface area contributed by atoms with E-state index in [4.69, 9.17) is 0 Å². The minimum absolute atomic E-state index is 0.893. The van der Waals surface area contributed by atoms with Gasteiger partial charge >= 0.3 is 0 Å². The topological polar surface area (TPSA) is 23.1 Å². The van der Waals surface area contributed by atoms with Crippen molar-refractivity contribution in [3.63, 3.8) is 0 Å². The second-order valence-corrected chi connectivity index (χ2v) is 5.59. The van der Waals surface area contributed by atoms with E-state index in [9.17, 15) is 4.89 Å². The highest BCUT2D eigenvalue weighted by atomic mass is 31.1. The molecule has 82 valence electrons. The molecular formula is C14H14OP-. The third-order valence-corrected chi connectivity index (χ3v) is 4.07. The predicted molar refractivity (Wildman–Crippen MR) is 68.5 cm³/mol. The molecular weight excluding hydrogens is 215 g/mol. The molecule has 0 N–H and O–H groups in total. The van der Waals surface area contributed by atoms with Crippen LogP contribution < -0.4 is 15.5 Å². The lowest BCUT2D eigenvalue weighted by Crippen LogP contribution is -2.20. The molecule has 0 radical (unpaired) electrons. The summed E-state index contributed by atoms with van der Waals surface area (Å²) in [5.41, 5.74) is 2.38. The van der Waals surface area contributed by atoms with Crippen LogP contribution in [-0.2, 0) is 0 Å². The molecule has 0 aliphatic carbocycles.